The molecule has 0 aliphatic carbocycles. The molecule has 2 N–H and O–H groups in total. The smallest absolute Gasteiger partial charge is 0.241 e. The van der Waals surface area contributed by atoms with Crippen molar-refractivity contribution in [1.82, 2.24) is 19.8 Å². The highest BCUT2D eigenvalue weighted by Gasteiger charge is 2.34. The number of hydrogen-bond donors (Lipinski definition) is 2. The Balaban J connectivity index is 0.00000392. The normalized spacial score (nSPS) is 17.2. The van der Waals surface area contributed by atoms with E-state index in [4.69, 9.17) is 0 Å². The Labute approximate surface area is 184 Å². The highest BCUT2D eigenvalue weighted by Crippen LogP contribution is 2.16. The van der Waals surface area contributed by atoms with Gasteiger partial charge in [-0.1, -0.05) is 37.3 Å². The molecule has 8 nitrogen and oxygen atoms in total. The van der Waals surface area contributed by atoms with Gasteiger partial charge in [-0.2, -0.15) is 0 Å². The molecule has 1 fully saturated rings. The zero-order valence-corrected chi connectivity index (χ0v) is 19.7. The van der Waals surface area contributed by atoms with Crippen LogP contribution in [0.15, 0.2) is 35.3 Å². The number of guanidine groups is 1. The molecule has 158 valence electrons. The zero-order chi connectivity index (χ0) is 19.9. The molecule has 0 radical (unpaired) electrons. The second-order valence-corrected chi connectivity index (χ2v) is 8.71. The largest absolute Gasteiger partial charge is 0.347 e. The van der Waals surface area contributed by atoms with E-state index in [0.717, 1.165) is 5.56 Å². The number of halogens is 1. The Bertz CT molecular complexity index is 756. The minimum Gasteiger partial charge on any atom is -0.347 e. The fourth-order valence-electron chi connectivity index (χ4n) is 2.82. The monoisotopic (exact) mass is 523 g/mol. The number of sulfonamides is 1. The third-order valence-electron chi connectivity index (χ3n) is 4.38. The second-order valence-electron chi connectivity index (χ2n) is 6.67. The lowest BCUT2D eigenvalue weighted by molar-refractivity contribution is -0.127. The van der Waals surface area contributed by atoms with Gasteiger partial charge in [0, 0.05) is 33.7 Å². The van der Waals surface area contributed by atoms with Gasteiger partial charge in [0.1, 0.15) is 0 Å². The molecule has 1 aromatic carbocycles. The van der Waals surface area contributed by atoms with Gasteiger partial charge < -0.3 is 15.1 Å². The molecule has 1 saturated heterocycles. The van der Waals surface area contributed by atoms with Gasteiger partial charge in [-0.05, 0) is 12.0 Å². The average Bonchev–Trinajstić information content (AvgIpc) is 3.13. The van der Waals surface area contributed by atoms with Crippen molar-refractivity contribution in [2.24, 2.45) is 4.99 Å². The molecule has 0 aromatic heterocycles. The maximum Gasteiger partial charge on any atom is 0.241 e. The van der Waals surface area contributed by atoms with Crippen LogP contribution < -0.4 is 10.0 Å². The zero-order valence-electron chi connectivity index (χ0n) is 16.6. The summed E-state index contributed by atoms with van der Waals surface area (Å²) in [7, 11) is 0.0503. The average molecular weight is 523 g/mol. The summed E-state index contributed by atoms with van der Waals surface area (Å²) in [6.45, 7) is 3.65. The topological polar surface area (TPSA) is 94.1 Å². The Morgan fingerprint density at radius 1 is 1.29 bits per heavy atom. The van der Waals surface area contributed by atoms with E-state index in [9.17, 15) is 13.2 Å². The van der Waals surface area contributed by atoms with Crippen LogP contribution in [0.3, 0.4) is 0 Å². The standard InChI is InChI=1S/C18H29N5O3S.HI/c1-4-21-27(25,26)16-10-11-23(14-16)18(20-13-17(24)22(2)3)19-12-15-8-6-5-7-9-15;/h5-9,16,21H,4,10-14H2,1-3H3,(H,19,20);1H. The van der Waals surface area contributed by atoms with E-state index in [1.54, 1.807) is 21.0 Å². The molecule has 1 aliphatic rings. The molecule has 2 rings (SSSR count). The fourth-order valence-corrected chi connectivity index (χ4v) is 4.25. The number of likely N-dealkylation sites (N-methyl/N-ethyl adjacent to an activating group) is 1. The first-order chi connectivity index (χ1) is 12.8. The van der Waals surface area contributed by atoms with Crippen LogP contribution in [0.1, 0.15) is 18.9 Å². The molecule has 0 bridgehead atoms. The van der Waals surface area contributed by atoms with Gasteiger partial charge >= 0.3 is 0 Å². The summed E-state index contributed by atoms with van der Waals surface area (Å²) in [5.74, 6) is 0.488. The summed E-state index contributed by atoms with van der Waals surface area (Å²) in [5, 5.41) is 2.61. The minimum atomic E-state index is -3.34. The van der Waals surface area contributed by atoms with Gasteiger partial charge in [-0.25, -0.2) is 18.1 Å². The Morgan fingerprint density at radius 2 is 1.96 bits per heavy atom. The van der Waals surface area contributed by atoms with E-state index in [1.807, 2.05) is 35.2 Å². The molecule has 1 aromatic rings. The number of rotatable bonds is 7. The Morgan fingerprint density at radius 3 is 2.57 bits per heavy atom. The van der Waals surface area contributed by atoms with E-state index in [-0.39, 0.29) is 36.4 Å². The van der Waals surface area contributed by atoms with Gasteiger partial charge in [-0.3, -0.25) is 4.79 Å². The van der Waals surface area contributed by atoms with Crippen molar-refractivity contribution in [2.75, 3.05) is 40.3 Å². The Hall–Kier alpha value is -1.40. The number of benzene rings is 1. The number of nitrogens with one attached hydrogen (secondary N) is 2. The number of nitrogens with zero attached hydrogens (tertiary/aromatic N) is 3. The lowest BCUT2D eigenvalue weighted by atomic mass is 10.2. The summed E-state index contributed by atoms with van der Waals surface area (Å²) in [5.41, 5.74) is 1.05. The first-order valence-electron chi connectivity index (χ1n) is 9.09. The summed E-state index contributed by atoms with van der Waals surface area (Å²) >= 11 is 0. The van der Waals surface area contributed by atoms with Crippen LogP contribution in [-0.2, 0) is 21.4 Å². The van der Waals surface area contributed by atoms with Crippen LogP contribution in [0.2, 0.25) is 0 Å². The minimum absolute atomic E-state index is 0. The van der Waals surface area contributed by atoms with Crippen molar-refractivity contribution in [3.8, 4) is 0 Å². The first-order valence-corrected chi connectivity index (χ1v) is 10.6. The SMILES string of the molecule is CCNS(=O)(=O)C1CCN(C(=NCc2ccccc2)NCC(=O)N(C)C)C1.I. The third kappa shape index (κ3) is 7.21. The highest BCUT2D eigenvalue weighted by molar-refractivity contribution is 14.0. The van der Waals surface area contributed by atoms with Crippen molar-refractivity contribution in [3.05, 3.63) is 35.9 Å². The molecule has 1 heterocycles. The van der Waals surface area contributed by atoms with Crippen LogP contribution in [0.25, 0.3) is 0 Å². The summed E-state index contributed by atoms with van der Waals surface area (Å²) in [6.07, 6.45) is 0.531. The van der Waals surface area contributed by atoms with Gasteiger partial charge in [0.2, 0.25) is 15.9 Å². The Kier molecular flexibility index (Phi) is 10.2. The van der Waals surface area contributed by atoms with E-state index in [1.165, 1.54) is 4.90 Å². The van der Waals surface area contributed by atoms with Crippen molar-refractivity contribution in [3.63, 3.8) is 0 Å². The van der Waals surface area contributed by atoms with Crippen molar-refractivity contribution in [1.29, 1.82) is 0 Å². The molecule has 1 aliphatic heterocycles. The second kappa shape index (κ2) is 11.6. The number of likely N-dealkylation sites (tertiary alicyclic amines) is 1. The van der Waals surface area contributed by atoms with Crippen molar-refractivity contribution in [2.45, 2.75) is 25.1 Å². The van der Waals surface area contributed by atoms with E-state index in [0.29, 0.717) is 38.6 Å². The lowest BCUT2D eigenvalue weighted by Crippen LogP contribution is -2.45. The van der Waals surface area contributed by atoms with E-state index >= 15 is 0 Å². The first kappa shape index (κ1) is 24.6. The van der Waals surface area contributed by atoms with Gasteiger partial charge in [-0.15, -0.1) is 24.0 Å². The number of amides is 1. The van der Waals surface area contributed by atoms with Gasteiger partial charge in [0.05, 0.1) is 18.3 Å². The number of aliphatic imine (C=N–C) groups is 1. The van der Waals surface area contributed by atoms with Crippen LogP contribution in [-0.4, -0.2) is 75.6 Å². The highest BCUT2D eigenvalue weighted by atomic mass is 127. The van der Waals surface area contributed by atoms with Gasteiger partial charge in [0.15, 0.2) is 5.96 Å². The number of carbonyl (C=O) groups is 1. The molecule has 0 spiro atoms. The fraction of sp³-hybridized carbons (Fsp3) is 0.556. The molecule has 10 heteroatoms. The van der Waals surface area contributed by atoms with E-state index in [2.05, 4.69) is 15.0 Å². The van der Waals surface area contributed by atoms with Crippen LogP contribution >= 0.6 is 24.0 Å². The molecular formula is C18H30IN5O3S. The third-order valence-corrected chi connectivity index (χ3v) is 6.33. The summed E-state index contributed by atoms with van der Waals surface area (Å²) in [4.78, 5) is 20.0. The van der Waals surface area contributed by atoms with Crippen molar-refractivity contribution >= 4 is 45.9 Å². The molecule has 1 atom stereocenters. The predicted octanol–water partition coefficient (Wildman–Crippen LogP) is 0.852. The molecule has 1 unspecified atom stereocenters. The van der Waals surface area contributed by atoms with Gasteiger partial charge in [0.25, 0.3) is 0 Å². The maximum atomic E-state index is 12.3. The number of carbonyl (C=O) groups excluding carboxylic acids is 1. The van der Waals surface area contributed by atoms with Crippen LogP contribution in [0, 0.1) is 0 Å². The molecule has 0 saturated carbocycles. The van der Waals surface area contributed by atoms with Crippen LogP contribution in [0.4, 0.5) is 0 Å². The van der Waals surface area contributed by atoms with Crippen molar-refractivity contribution < 1.29 is 13.2 Å². The molecule has 28 heavy (non-hydrogen) atoms. The van der Waals surface area contributed by atoms with Crippen LogP contribution in [0.5, 0.6) is 0 Å². The summed E-state index contributed by atoms with van der Waals surface area (Å²) < 4.78 is 27.1. The number of hydrogen-bond acceptors (Lipinski definition) is 4. The summed E-state index contributed by atoms with van der Waals surface area (Å²) in [6, 6.07) is 9.80. The van der Waals surface area contributed by atoms with E-state index < -0.39 is 15.3 Å². The quantitative estimate of drug-likeness (QED) is 0.314. The lowest BCUT2D eigenvalue weighted by Gasteiger charge is -2.23. The maximum absolute atomic E-state index is 12.3. The molecular weight excluding hydrogens is 493 g/mol. The molecule has 1 amide bonds. The predicted molar refractivity (Wildman–Crippen MR) is 122 cm³/mol.